The Hall–Kier alpha value is -2.20. The summed E-state index contributed by atoms with van der Waals surface area (Å²) in [6.07, 6.45) is -1.33. The fourth-order valence-electron chi connectivity index (χ4n) is 4.63. The summed E-state index contributed by atoms with van der Waals surface area (Å²) in [7, 11) is 0. The van der Waals surface area contributed by atoms with Crippen LogP contribution in [0.15, 0.2) is 46.1 Å². The van der Waals surface area contributed by atoms with Gasteiger partial charge in [-0.05, 0) is 69.1 Å². The van der Waals surface area contributed by atoms with Gasteiger partial charge in [0.05, 0.1) is 16.6 Å². The number of rotatable bonds is 7. The van der Waals surface area contributed by atoms with E-state index in [1.54, 1.807) is 0 Å². The van der Waals surface area contributed by atoms with Gasteiger partial charge >= 0.3 is 6.18 Å². The molecule has 0 spiro atoms. The SMILES string of the molecule is CC1CCCCN1CCC(O)CSc1c(-c2cc(Cl)ccc2O)c2cc(C(F)(F)F)ccc2[nH]c1=O. The quantitative estimate of drug-likeness (QED) is 0.307. The first kappa shape index (κ1) is 26.9. The van der Waals surface area contributed by atoms with Crippen LogP contribution in [0.2, 0.25) is 5.02 Å². The summed E-state index contributed by atoms with van der Waals surface area (Å²) in [5.41, 5.74) is -0.889. The van der Waals surface area contributed by atoms with Crippen LogP contribution in [-0.2, 0) is 6.18 Å². The minimum atomic E-state index is -4.59. The Balaban J connectivity index is 1.70. The number of aromatic hydroxyl groups is 1. The van der Waals surface area contributed by atoms with E-state index < -0.39 is 23.4 Å². The number of aliphatic hydroxyl groups excluding tert-OH is 1. The second kappa shape index (κ2) is 11.0. The summed E-state index contributed by atoms with van der Waals surface area (Å²) in [5, 5.41) is 21.6. The Bertz CT molecular complexity index is 1300. The number of phenols is 1. The lowest BCUT2D eigenvalue weighted by Crippen LogP contribution is -2.39. The molecule has 10 heteroatoms. The smallest absolute Gasteiger partial charge is 0.416 e. The van der Waals surface area contributed by atoms with Gasteiger partial charge in [0.25, 0.3) is 5.56 Å². The highest BCUT2D eigenvalue weighted by Crippen LogP contribution is 2.42. The van der Waals surface area contributed by atoms with E-state index in [4.69, 9.17) is 11.6 Å². The van der Waals surface area contributed by atoms with Crippen LogP contribution in [0, 0.1) is 0 Å². The molecule has 2 heterocycles. The Morgan fingerprint density at radius 3 is 2.72 bits per heavy atom. The Labute approximate surface area is 216 Å². The summed E-state index contributed by atoms with van der Waals surface area (Å²) < 4.78 is 40.5. The number of fused-ring (bicyclic) bond motifs is 1. The first-order valence-electron chi connectivity index (χ1n) is 11.9. The molecule has 194 valence electrons. The van der Waals surface area contributed by atoms with Crippen molar-refractivity contribution < 1.29 is 23.4 Å². The van der Waals surface area contributed by atoms with E-state index in [0.29, 0.717) is 12.5 Å². The number of nitrogens with one attached hydrogen (secondary N) is 1. The number of pyridine rings is 1. The van der Waals surface area contributed by atoms with Gasteiger partial charge in [0.1, 0.15) is 5.75 Å². The number of benzene rings is 2. The molecule has 1 aliphatic rings. The van der Waals surface area contributed by atoms with Gasteiger partial charge in [-0.15, -0.1) is 11.8 Å². The van der Waals surface area contributed by atoms with Crippen molar-refractivity contribution in [1.29, 1.82) is 0 Å². The van der Waals surface area contributed by atoms with Crippen molar-refractivity contribution >= 4 is 34.3 Å². The fourth-order valence-corrected chi connectivity index (χ4v) is 5.88. The average Bonchev–Trinajstić information content (AvgIpc) is 2.82. The number of likely N-dealkylation sites (tertiary alicyclic amines) is 1. The Morgan fingerprint density at radius 1 is 1.22 bits per heavy atom. The van der Waals surface area contributed by atoms with Gasteiger partial charge < -0.3 is 20.1 Å². The third kappa shape index (κ3) is 6.02. The molecule has 1 saturated heterocycles. The second-order valence-corrected chi connectivity index (χ2v) is 10.7. The molecule has 4 rings (SSSR count). The van der Waals surface area contributed by atoms with Gasteiger partial charge in [0.15, 0.2) is 0 Å². The highest BCUT2D eigenvalue weighted by atomic mass is 35.5. The molecule has 36 heavy (non-hydrogen) atoms. The number of thioether (sulfide) groups is 1. The molecule has 2 aromatic carbocycles. The molecule has 5 nitrogen and oxygen atoms in total. The lowest BCUT2D eigenvalue weighted by molar-refractivity contribution is -0.137. The second-order valence-electron chi connectivity index (χ2n) is 9.21. The molecule has 3 N–H and O–H groups in total. The van der Waals surface area contributed by atoms with Gasteiger partial charge in [0.2, 0.25) is 0 Å². The van der Waals surface area contributed by atoms with Crippen molar-refractivity contribution in [3.05, 3.63) is 57.3 Å². The number of hydrogen-bond acceptors (Lipinski definition) is 5. The molecule has 1 aliphatic heterocycles. The van der Waals surface area contributed by atoms with E-state index >= 15 is 0 Å². The van der Waals surface area contributed by atoms with Crippen LogP contribution in [0.1, 0.15) is 38.2 Å². The lowest BCUT2D eigenvalue weighted by Gasteiger charge is -2.33. The first-order valence-corrected chi connectivity index (χ1v) is 13.2. The van der Waals surface area contributed by atoms with Gasteiger partial charge in [-0.2, -0.15) is 13.2 Å². The van der Waals surface area contributed by atoms with Crippen LogP contribution in [-0.4, -0.2) is 51.1 Å². The van der Waals surface area contributed by atoms with Gasteiger partial charge in [-0.1, -0.05) is 18.0 Å². The van der Waals surface area contributed by atoms with E-state index in [9.17, 15) is 28.2 Å². The topological polar surface area (TPSA) is 76.6 Å². The van der Waals surface area contributed by atoms with Gasteiger partial charge in [-0.25, -0.2) is 0 Å². The number of aromatic amines is 1. The molecule has 1 aromatic heterocycles. The van der Waals surface area contributed by atoms with Crippen molar-refractivity contribution in [2.45, 2.75) is 55.8 Å². The van der Waals surface area contributed by atoms with E-state index in [1.165, 1.54) is 30.7 Å². The number of phenolic OH excluding ortho intramolecular Hbond substituents is 1. The first-order chi connectivity index (χ1) is 17.0. The maximum absolute atomic E-state index is 13.5. The summed E-state index contributed by atoms with van der Waals surface area (Å²) >= 11 is 7.20. The van der Waals surface area contributed by atoms with Crippen molar-refractivity contribution in [2.75, 3.05) is 18.8 Å². The molecule has 0 saturated carbocycles. The summed E-state index contributed by atoms with van der Waals surface area (Å²) in [6, 6.07) is 7.73. The van der Waals surface area contributed by atoms with E-state index in [2.05, 4.69) is 16.8 Å². The molecule has 2 unspecified atom stereocenters. The molecule has 0 bridgehead atoms. The highest BCUT2D eigenvalue weighted by molar-refractivity contribution is 7.99. The predicted molar refractivity (Wildman–Crippen MR) is 138 cm³/mol. The maximum Gasteiger partial charge on any atom is 0.416 e. The summed E-state index contributed by atoms with van der Waals surface area (Å²) in [5.74, 6) is -0.0467. The monoisotopic (exact) mass is 540 g/mol. The van der Waals surface area contributed by atoms with E-state index in [1.807, 2.05) is 0 Å². The zero-order chi connectivity index (χ0) is 26.0. The fraction of sp³-hybridized carbons (Fsp3) is 0.423. The van der Waals surface area contributed by atoms with Gasteiger partial charge in [0, 0.05) is 45.4 Å². The molecule has 3 aromatic rings. The van der Waals surface area contributed by atoms with Crippen LogP contribution in [0.3, 0.4) is 0 Å². The van der Waals surface area contributed by atoms with Crippen molar-refractivity contribution in [3.8, 4) is 16.9 Å². The minimum Gasteiger partial charge on any atom is -0.507 e. The molecule has 0 amide bonds. The van der Waals surface area contributed by atoms with E-state index in [-0.39, 0.29) is 43.5 Å². The number of nitrogens with zero attached hydrogens (tertiary/aromatic N) is 1. The van der Waals surface area contributed by atoms with Crippen LogP contribution < -0.4 is 5.56 Å². The molecular formula is C26H28ClF3N2O3S. The van der Waals surface area contributed by atoms with Crippen molar-refractivity contribution in [2.24, 2.45) is 0 Å². The summed E-state index contributed by atoms with van der Waals surface area (Å²) in [4.78, 5) is 18.2. The number of H-pyrrole nitrogens is 1. The highest BCUT2D eigenvalue weighted by Gasteiger charge is 2.31. The molecule has 2 atom stereocenters. The van der Waals surface area contributed by atoms with Crippen molar-refractivity contribution in [3.63, 3.8) is 0 Å². The Morgan fingerprint density at radius 2 is 2.00 bits per heavy atom. The van der Waals surface area contributed by atoms with Crippen LogP contribution in [0.5, 0.6) is 5.75 Å². The Kier molecular flexibility index (Phi) is 8.24. The van der Waals surface area contributed by atoms with Crippen molar-refractivity contribution in [1.82, 2.24) is 9.88 Å². The number of hydrogen-bond donors (Lipinski definition) is 3. The van der Waals surface area contributed by atoms with Crippen LogP contribution in [0.4, 0.5) is 13.2 Å². The predicted octanol–water partition coefficient (Wildman–Crippen LogP) is 6.29. The number of piperidine rings is 1. The minimum absolute atomic E-state index is 0.116. The van der Waals surface area contributed by atoms with Crippen LogP contribution >= 0.6 is 23.4 Å². The average molecular weight is 541 g/mol. The lowest BCUT2D eigenvalue weighted by atomic mass is 9.98. The largest absolute Gasteiger partial charge is 0.507 e. The zero-order valence-electron chi connectivity index (χ0n) is 19.7. The van der Waals surface area contributed by atoms with Gasteiger partial charge in [-0.3, -0.25) is 4.79 Å². The third-order valence-electron chi connectivity index (χ3n) is 6.64. The standard InChI is InChI=1S/C26H28ClF3N2O3S/c1-15-4-2-3-10-32(15)11-9-18(33)14-36-24-23(20-13-17(27)6-8-22(20)34)19-12-16(26(28,29)30)5-7-21(19)31-25(24)35/h5-8,12-13,15,18,33-34H,2-4,9-11,14H2,1H3,(H,31,35). The normalized spacial score (nSPS) is 18.0. The molecular weight excluding hydrogens is 513 g/mol. The van der Waals surface area contributed by atoms with Crippen LogP contribution in [0.25, 0.3) is 22.0 Å². The zero-order valence-corrected chi connectivity index (χ0v) is 21.3. The molecule has 0 aliphatic carbocycles. The van der Waals surface area contributed by atoms with E-state index in [0.717, 1.165) is 49.8 Å². The third-order valence-corrected chi connectivity index (χ3v) is 8.10. The number of aliphatic hydroxyl groups is 1. The molecule has 0 radical (unpaired) electrons. The summed E-state index contributed by atoms with van der Waals surface area (Å²) in [6.45, 7) is 3.90. The number of aromatic nitrogens is 1. The molecule has 1 fully saturated rings. The number of alkyl halides is 3. The maximum atomic E-state index is 13.5. The number of halogens is 4.